The van der Waals surface area contributed by atoms with Gasteiger partial charge in [-0.15, -0.1) is 0 Å². The van der Waals surface area contributed by atoms with Crippen LogP contribution >= 0.6 is 0 Å². The SMILES string of the molecule is NC(=O)c1ccc(CNC(=O)N2CCCCC2CCc2cccc(O)c2)cc1. The Hall–Kier alpha value is -3.02. The fourth-order valence-electron chi connectivity index (χ4n) is 3.68. The summed E-state index contributed by atoms with van der Waals surface area (Å²) in [7, 11) is 0. The fourth-order valence-corrected chi connectivity index (χ4v) is 3.68. The maximum atomic E-state index is 12.7. The van der Waals surface area contributed by atoms with Crippen molar-refractivity contribution in [2.45, 2.75) is 44.7 Å². The summed E-state index contributed by atoms with van der Waals surface area (Å²) >= 11 is 0. The van der Waals surface area contributed by atoms with E-state index in [1.54, 1.807) is 36.4 Å². The molecule has 0 bridgehead atoms. The van der Waals surface area contributed by atoms with Crippen molar-refractivity contribution >= 4 is 11.9 Å². The molecule has 6 heteroatoms. The number of phenols is 1. The van der Waals surface area contributed by atoms with Crippen LogP contribution in [-0.4, -0.2) is 34.5 Å². The molecule has 0 aliphatic carbocycles. The number of carbonyl (C=O) groups is 2. The summed E-state index contributed by atoms with van der Waals surface area (Å²) in [6.45, 7) is 1.17. The molecule has 1 heterocycles. The van der Waals surface area contributed by atoms with Crippen molar-refractivity contribution < 1.29 is 14.7 Å². The van der Waals surface area contributed by atoms with Gasteiger partial charge in [-0.05, 0) is 67.5 Å². The predicted molar refractivity (Wildman–Crippen MR) is 108 cm³/mol. The Bertz CT molecular complexity index is 820. The van der Waals surface area contributed by atoms with E-state index in [0.717, 1.165) is 49.8 Å². The molecule has 1 unspecified atom stereocenters. The molecule has 3 amide bonds. The van der Waals surface area contributed by atoms with Gasteiger partial charge in [0.05, 0.1) is 0 Å². The molecule has 1 saturated heterocycles. The van der Waals surface area contributed by atoms with Crippen LogP contribution in [0.2, 0.25) is 0 Å². The molecule has 1 aliphatic rings. The van der Waals surface area contributed by atoms with Crippen LogP contribution in [0.3, 0.4) is 0 Å². The number of likely N-dealkylation sites (tertiary alicyclic amines) is 1. The van der Waals surface area contributed by atoms with E-state index in [0.29, 0.717) is 12.1 Å². The number of nitrogens with zero attached hydrogens (tertiary/aromatic N) is 1. The van der Waals surface area contributed by atoms with Crippen LogP contribution in [-0.2, 0) is 13.0 Å². The molecule has 0 radical (unpaired) electrons. The zero-order valence-corrected chi connectivity index (χ0v) is 15.9. The van der Waals surface area contributed by atoms with Gasteiger partial charge in [0.15, 0.2) is 0 Å². The highest BCUT2D eigenvalue weighted by atomic mass is 16.3. The first-order chi connectivity index (χ1) is 13.5. The van der Waals surface area contributed by atoms with Crippen molar-refractivity contribution in [3.63, 3.8) is 0 Å². The molecule has 0 aromatic heterocycles. The van der Waals surface area contributed by atoms with E-state index in [1.165, 1.54) is 0 Å². The Morgan fingerprint density at radius 1 is 1.11 bits per heavy atom. The van der Waals surface area contributed by atoms with Crippen LogP contribution in [0.15, 0.2) is 48.5 Å². The minimum atomic E-state index is -0.460. The van der Waals surface area contributed by atoms with E-state index in [2.05, 4.69) is 5.32 Å². The number of aromatic hydroxyl groups is 1. The third kappa shape index (κ3) is 5.25. The molecule has 1 fully saturated rings. The van der Waals surface area contributed by atoms with Crippen LogP contribution in [0, 0.1) is 0 Å². The van der Waals surface area contributed by atoms with Crippen molar-refractivity contribution in [2.24, 2.45) is 5.73 Å². The van der Waals surface area contributed by atoms with Crippen molar-refractivity contribution in [3.05, 3.63) is 65.2 Å². The maximum Gasteiger partial charge on any atom is 0.317 e. The largest absolute Gasteiger partial charge is 0.508 e. The van der Waals surface area contributed by atoms with Gasteiger partial charge in [-0.3, -0.25) is 4.79 Å². The number of benzene rings is 2. The van der Waals surface area contributed by atoms with E-state index in [4.69, 9.17) is 5.73 Å². The smallest absolute Gasteiger partial charge is 0.317 e. The molecule has 1 aliphatic heterocycles. The number of piperidine rings is 1. The highest BCUT2D eigenvalue weighted by Gasteiger charge is 2.26. The van der Waals surface area contributed by atoms with E-state index >= 15 is 0 Å². The third-order valence-corrected chi connectivity index (χ3v) is 5.25. The molecule has 3 rings (SSSR count). The number of carbonyl (C=O) groups excluding carboxylic acids is 2. The topological polar surface area (TPSA) is 95.7 Å². The highest BCUT2D eigenvalue weighted by Crippen LogP contribution is 2.22. The van der Waals surface area contributed by atoms with Gasteiger partial charge >= 0.3 is 6.03 Å². The molecule has 2 aromatic carbocycles. The zero-order valence-electron chi connectivity index (χ0n) is 15.9. The Kier molecular flexibility index (Phi) is 6.53. The molecule has 148 valence electrons. The summed E-state index contributed by atoms with van der Waals surface area (Å²) in [4.78, 5) is 25.8. The quantitative estimate of drug-likeness (QED) is 0.717. The third-order valence-electron chi connectivity index (χ3n) is 5.25. The minimum Gasteiger partial charge on any atom is -0.508 e. The summed E-state index contributed by atoms with van der Waals surface area (Å²) in [5.41, 5.74) is 7.71. The number of nitrogens with two attached hydrogens (primary N) is 1. The molecule has 2 aromatic rings. The van der Waals surface area contributed by atoms with Crippen LogP contribution in [0.1, 0.15) is 47.2 Å². The lowest BCUT2D eigenvalue weighted by Gasteiger charge is -2.36. The second-order valence-electron chi connectivity index (χ2n) is 7.27. The average Bonchev–Trinajstić information content (AvgIpc) is 2.71. The van der Waals surface area contributed by atoms with Crippen molar-refractivity contribution in [1.29, 1.82) is 0 Å². The molecule has 4 N–H and O–H groups in total. The second-order valence-corrected chi connectivity index (χ2v) is 7.27. The summed E-state index contributed by atoms with van der Waals surface area (Å²) in [5.74, 6) is -0.184. The minimum absolute atomic E-state index is 0.0559. The van der Waals surface area contributed by atoms with Gasteiger partial charge in [-0.1, -0.05) is 24.3 Å². The number of nitrogens with one attached hydrogen (secondary N) is 1. The summed E-state index contributed by atoms with van der Waals surface area (Å²) in [6.07, 6.45) is 4.85. The standard InChI is InChI=1S/C22H27N3O3/c23-21(27)18-10-7-17(8-11-18)15-24-22(28)25-13-2-1-5-19(25)12-9-16-4-3-6-20(26)14-16/h3-4,6-8,10-11,14,19,26H,1-2,5,9,12-13,15H2,(H2,23,27)(H,24,28). The maximum absolute atomic E-state index is 12.7. The van der Waals surface area contributed by atoms with Crippen LogP contribution < -0.4 is 11.1 Å². The molecule has 0 saturated carbocycles. The lowest BCUT2D eigenvalue weighted by molar-refractivity contribution is 0.1000. The Morgan fingerprint density at radius 2 is 1.89 bits per heavy atom. The Morgan fingerprint density at radius 3 is 2.61 bits per heavy atom. The van der Waals surface area contributed by atoms with Crippen molar-refractivity contribution in [3.8, 4) is 5.75 Å². The normalized spacial score (nSPS) is 16.6. The lowest BCUT2D eigenvalue weighted by Crippen LogP contribution is -2.48. The number of primary amides is 1. The fraction of sp³-hybridized carbons (Fsp3) is 0.364. The summed E-state index contributed by atoms with van der Waals surface area (Å²) in [5, 5.41) is 12.6. The first-order valence-electron chi connectivity index (χ1n) is 9.74. The first kappa shape index (κ1) is 19.7. The molecule has 6 nitrogen and oxygen atoms in total. The van der Waals surface area contributed by atoms with Crippen molar-refractivity contribution in [1.82, 2.24) is 10.2 Å². The number of hydrogen-bond donors (Lipinski definition) is 3. The average molecular weight is 381 g/mol. The summed E-state index contributed by atoms with van der Waals surface area (Å²) < 4.78 is 0. The van der Waals surface area contributed by atoms with Crippen LogP contribution in [0.25, 0.3) is 0 Å². The number of rotatable bonds is 6. The van der Waals surface area contributed by atoms with E-state index in [-0.39, 0.29) is 17.8 Å². The van der Waals surface area contributed by atoms with Gasteiger partial charge in [0.2, 0.25) is 5.91 Å². The number of urea groups is 1. The van der Waals surface area contributed by atoms with Gasteiger partial charge in [0.1, 0.15) is 5.75 Å². The molecular weight excluding hydrogens is 354 g/mol. The predicted octanol–water partition coefficient (Wildman–Crippen LogP) is 3.19. The lowest BCUT2D eigenvalue weighted by atomic mass is 9.96. The second kappa shape index (κ2) is 9.26. The Labute approximate surface area is 165 Å². The van der Waals surface area contributed by atoms with E-state index < -0.39 is 5.91 Å². The first-order valence-corrected chi connectivity index (χ1v) is 9.74. The van der Waals surface area contributed by atoms with Gasteiger partial charge < -0.3 is 21.1 Å². The monoisotopic (exact) mass is 381 g/mol. The molecule has 0 spiro atoms. The van der Waals surface area contributed by atoms with Gasteiger partial charge in [0.25, 0.3) is 0 Å². The van der Waals surface area contributed by atoms with Gasteiger partial charge in [-0.25, -0.2) is 4.79 Å². The van der Waals surface area contributed by atoms with Crippen LogP contribution in [0.5, 0.6) is 5.75 Å². The summed E-state index contributed by atoms with van der Waals surface area (Å²) in [6, 6.07) is 14.4. The number of amides is 3. The van der Waals surface area contributed by atoms with Crippen LogP contribution in [0.4, 0.5) is 4.79 Å². The molecule has 28 heavy (non-hydrogen) atoms. The highest BCUT2D eigenvalue weighted by molar-refractivity contribution is 5.92. The van der Waals surface area contributed by atoms with E-state index in [1.807, 2.05) is 17.0 Å². The number of phenolic OH excluding ortho intramolecular Hbond substituents is 1. The Balaban J connectivity index is 1.55. The van der Waals surface area contributed by atoms with E-state index in [9.17, 15) is 14.7 Å². The zero-order chi connectivity index (χ0) is 19.9. The number of aryl methyl sites for hydroxylation is 1. The van der Waals surface area contributed by atoms with Gasteiger partial charge in [0, 0.05) is 24.7 Å². The molecule has 1 atom stereocenters. The number of hydrogen-bond acceptors (Lipinski definition) is 3. The van der Waals surface area contributed by atoms with Gasteiger partial charge in [-0.2, -0.15) is 0 Å². The van der Waals surface area contributed by atoms with Crippen molar-refractivity contribution in [2.75, 3.05) is 6.54 Å². The molecular formula is C22H27N3O3.